The van der Waals surface area contributed by atoms with Crippen molar-refractivity contribution in [1.29, 1.82) is 0 Å². The van der Waals surface area contributed by atoms with Gasteiger partial charge >= 0.3 is 6.47 Å². The van der Waals surface area contributed by atoms with Gasteiger partial charge in [-0.2, -0.15) is 0 Å². The van der Waals surface area contributed by atoms with Crippen LogP contribution >= 0.6 is 0 Å². The van der Waals surface area contributed by atoms with Crippen LogP contribution in [-0.4, -0.2) is 25.5 Å². The van der Waals surface area contributed by atoms with Gasteiger partial charge in [0.2, 0.25) is 5.91 Å². The molecule has 0 saturated carbocycles. The molecule has 0 aliphatic rings. The lowest BCUT2D eigenvalue weighted by atomic mass is 10.3. The van der Waals surface area contributed by atoms with Crippen molar-refractivity contribution < 1.29 is 14.3 Å². The minimum Gasteiger partial charge on any atom is -0.457 e. The fourth-order valence-electron chi connectivity index (χ4n) is 0.605. The Balaban J connectivity index is 2.90. The Labute approximate surface area is 65.9 Å². The van der Waals surface area contributed by atoms with Crippen molar-refractivity contribution in [3.8, 4) is 0 Å². The van der Waals surface area contributed by atoms with Crippen LogP contribution < -0.4 is 5.32 Å². The van der Waals surface area contributed by atoms with Gasteiger partial charge in [0, 0.05) is 13.5 Å². The second-order valence-electron chi connectivity index (χ2n) is 2.12. The number of nitrogens with one attached hydrogen (secondary N) is 1. The molecule has 63 valence electrons. The van der Waals surface area contributed by atoms with Gasteiger partial charge in [-0.15, -0.1) is 0 Å². The zero-order valence-corrected chi connectivity index (χ0v) is 6.55. The number of hydrogen-bond acceptors (Lipinski definition) is 3. The molecule has 0 unspecified atom stereocenters. The predicted octanol–water partition coefficient (Wildman–Crippen LogP) is -0.0135. The van der Waals surface area contributed by atoms with Crippen LogP contribution in [0.5, 0.6) is 0 Å². The Hall–Kier alpha value is -1.06. The predicted molar refractivity (Wildman–Crippen MR) is 39.6 cm³/mol. The van der Waals surface area contributed by atoms with Gasteiger partial charge in [0.1, 0.15) is 0 Å². The molecule has 1 radical (unpaired) electrons. The normalized spacial score (nSPS) is 8.82. The summed E-state index contributed by atoms with van der Waals surface area (Å²) < 4.78 is 4.32. The minimum atomic E-state index is -0.0344. The third kappa shape index (κ3) is 8.94. The molecule has 0 aliphatic heterocycles. The Morgan fingerprint density at radius 3 is 2.82 bits per heavy atom. The van der Waals surface area contributed by atoms with E-state index in [-0.39, 0.29) is 5.91 Å². The highest BCUT2D eigenvalue weighted by Crippen LogP contribution is 1.86. The van der Waals surface area contributed by atoms with Gasteiger partial charge in [-0.25, -0.2) is 4.79 Å². The van der Waals surface area contributed by atoms with Crippen molar-refractivity contribution in [1.82, 2.24) is 5.32 Å². The maximum Gasteiger partial charge on any atom is 0.417 e. The van der Waals surface area contributed by atoms with Crippen LogP contribution in [0.2, 0.25) is 0 Å². The number of rotatable bonds is 6. The average Bonchev–Trinajstić information content (AvgIpc) is 1.96. The van der Waals surface area contributed by atoms with Crippen molar-refractivity contribution in [3.05, 3.63) is 0 Å². The fraction of sp³-hybridized carbons (Fsp3) is 0.714. The van der Waals surface area contributed by atoms with Gasteiger partial charge in [0.15, 0.2) is 0 Å². The first-order chi connectivity index (χ1) is 5.27. The molecule has 0 spiro atoms. The molecular formula is C7H12NO3. The summed E-state index contributed by atoms with van der Waals surface area (Å²) in [4.78, 5) is 19.9. The third-order valence-corrected chi connectivity index (χ3v) is 1.11. The summed E-state index contributed by atoms with van der Waals surface area (Å²) in [6.07, 6.45) is 1.58. The van der Waals surface area contributed by atoms with E-state index in [1.807, 2.05) is 0 Å². The monoisotopic (exact) mass is 158 g/mol. The zero-order valence-electron chi connectivity index (χ0n) is 6.55. The number of ether oxygens (including phenoxy) is 1. The summed E-state index contributed by atoms with van der Waals surface area (Å²) in [6.45, 7) is 3.81. The third-order valence-electron chi connectivity index (χ3n) is 1.11. The Bertz CT molecular complexity index is 125. The van der Waals surface area contributed by atoms with Gasteiger partial charge in [-0.3, -0.25) is 4.79 Å². The first kappa shape index (κ1) is 9.94. The summed E-state index contributed by atoms with van der Waals surface area (Å²) in [5.74, 6) is -0.0344. The molecule has 0 heterocycles. The summed E-state index contributed by atoms with van der Waals surface area (Å²) in [5, 5.41) is 2.63. The Morgan fingerprint density at radius 2 is 2.27 bits per heavy atom. The van der Waals surface area contributed by atoms with Crippen LogP contribution in [0.3, 0.4) is 0 Å². The van der Waals surface area contributed by atoms with E-state index in [9.17, 15) is 9.59 Å². The standard InChI is InChI=1S/C7H12NO3/c1-7(10)8-4-2-3-5-11-6-9/h2-5H2,1H3,(H,8,10). The molecule has 4 heteroatoms. The van der Waals surface area contributed by atoms with Crippen LogP contribution in [0.25, 0.3) is 0 Å². The van der Waals surface area contributed by atoms with E-state index in [2.05, 4.69) is 10.1 Å². The molecule has 0 aliphatic carbocycles. The molecule has 0 atom stereocenters. The van der Waals surface area contributed by atoms with Crippen molar-refractivity contribution in [2.24, 2.45) is 0 Å². The van der Waals surface area contributed by atoms with Gasteiger partial charge in [0.05, 0.1) is 6.61 Å². The molecule has 0 rings (SSSR count). The lowest BCUT2D eigenvalue weighted by Gasteiger charge is -1.99. The highest BCUT2D eigenvalue weighted by Gasteiger charge is 1.90. The van der Waals surface area contributed by atoms with Gasteiger partial charge in [-0.05, 0) is 12.8 Å². The molecule has 0 aromatic rings. The van der Waals surface area contributed by atoms with Crippen LogP contribution in [0.1, 0.15) is 19.8 Å². The summed E-state index contributed by atoms with van der Waals surface area (Å²) in [7, 11) is 0. The summed E-state index contributed by atoms with van der Waals surface area (Å²) >= 11 is 0. The first-order valence-electron chi connectivity index (χ1n) is 3.50. The Morgan fingerprint density at radius 1 is 1.55 bits per heavy atom. The Kier molecular flexibility index (Phi) is 6.37. The van der Waals surface area contributed by atoms with E-state index in [0.717, 1.165) is 12.8 Å². The lowest BCUT2D eigenvalue weighted by Crippen LogP contribution is -2.21. The molecule has 1 amide bonds. The SMILES string of the molecule is CC(=O)NCCCCO[C]=O. The topological polar surface area (TPSA) is 55.4 Å². The molecule has 0 fully saturated rings. The maximum atomic E-state index is 10.3. The van der Waals surface area contributed by atoms with Crippen LogP contribution in [0.15, 0.2) is 0 Å². The van der Waals surface area contributed by atoms with Gasteiger partial charge in [-0.1, -0.05) is 0 Å². The highest BCUT2D eigenvalue weighted by molar-refractivity contribution is 5.72. The number of unbranched alkanes of at least 4 members (excludes halogenated alkanes) is 1. The average molecular weight is 158 g/mol. The summed E-state index contributed by atoms with van der Waals surface area (Å²) in [5.41, 5.74) is 0. The van der Waals surface area contributed by atoms with Gasteiger partial charge in [0.25, 0.3) is 0 Å². The fourth-order valence-corrected chi connectivity index (χ4v) is 0.605. The molecule has 4 nitrogen and oxygen atoms in total. The molecule has 0 saturated heterocycles. The minimum absolute atomic E-state index is 0.0344. The van der Waals surface area contributed by atoms with Crippen molar-refractivity contribution >= 4 is 12.4 Å². The van der Waals surface area contributed by atoms with E-state index in [0.29, 0.717) is 13.2 Å². The summed E-state index contributed by atoms with van der Waals surface area (Å²) in [6, 6.07) is 0. The van der Waals surface area contributed by atoms with E-state index in [1.54, 1.807) is 0 Å². The molecule has 11 heavy (non-hydrogen) atoms. The number of carbonyl (C=O) groups excluding carboxylic acids is 2. The van der Waals surface area contributed by atoms with Crippen molar-refractivity contribution in [3.63, 3.8) is 0 Å². The van der Waals surface area contributed by atoms with Crippen LogP contribution in [0, 0.1) is 0 Å². The smallest absolute Gasteiger partial charge is 0.417 e. The van der Waals surface area contributed by atoms with Crippen molar-refractivity contribution in [2.45, 2.75) is 19.8 Å². The number of carbonyl (C=O) groups is 1. The number of hydrogen-bond donors (Lipinski definition) is 1. The molecule has 0 aromatic heterocycles. The lowest BCUT2D eigenvalue weighted by molar-refractivity contribution is -0.118. The maximum absolute atomic E-state index is 10.3. The zero-order chi connectivity index (χ0) is 8.53. The molecular weight excluding hydrogens is 146 g/mol. The highest BCUT2D eigenvalue weighted by atomic mass is 16.5. The van der Waals surface area contributed by atoms with Crippen molar-refractivity contribution in [2.75, 3.05) is 13.2 Å². The van der Waals surface area contributed by atoms with Gasteiger partial charge < -0.3 is 10.1 Å². The van der Waals surface area contributed by atoms with E-state index >= 15 is 0 Å². The second kappa shape index (κ2) is 7.05. The number of amides is 1. The second-order valence-corrected chi connectivity index (χ2v) is 2.12. The first-order valence-corrected chi connectivity index (χ1v) is 3.50. The molecule has 0 bridgehead atoms. The quantitative estimate of drug-likeness (QED) is 0.553. The molecule has 0 aromatic carbocycles. The largest absolute Gasteiger partial charge is 0.457 e. The van der Waals surface area contributed by atoms with Crippen LogP contribution in [-0.2, 0) is 14.3 Å². The van der Waals surface area contributed by atoms with E-state index < -0.39 is 0 Å². The van der Waals surface area contributed by atoms with Crippen LogP contribution in [0.4, 0.5) is 0 Å². The van der Waals surface area contributed by atoms with E-state index in [1.165, 1.54) is 13.4 Å². The molecule has 1 N–H and O–H groups in total. The van der Waals surface area contributed by atoms with E-state index in [4.69, 9.17) is 0 Å².